The molecule has 2 N–H and O–H groups in total. The van der Waals surface area contributed by atoms with Gasteiger partial charge in [0.25, 0.3) is 11.5 Å². The molecule has 0 saturated heterocycles. The number of carbonyl (C=O) groups is 1. The number of carbonyl (C=O) groups excluding carboxylic acids is 1. The third-order valence-electron chi connectivity index (χ3n) is 4.10. The Hall–Kier alpha value is -3.88. The first-order valence-corrected chi connectivity index (χ1v) is 8.74. The fraction of sp³-hybridized carbons (Fsp3) is 0.158. The van der Waals surface area contributed by atoms with Crippen molar-refractivity contribution in [2.24, 2.45) is 0 Å². The number of benzene rings is 1. The molecule has 0 aliphatic rings. The summed E-state index contributed by atoms with van der Waals surface area (Å²) in [6.07, 6.45) is 2.02. The molecule has 1 aromatic carbocycles. The van der Waals surface area contributed by atoms with Crippen molar-refractivity contribution < 1.29 is 4.79 Å². The van der Waals surface area contributed by atoms with E-state index in [1.54, 1.807) is 19.1 Å². The summed E-state index contributed by atoms with van der Waals surface area (Å²) >= 11 is 0. The van der Waals surface area contributed by atoms with Crippen LogP contribution in [0.3, 0.4) is 0 Å². The number of amides is 1. The van der Waals surface area contributed by atoms with E-state index in [1.807, 2.05) is 25.1 Å². The van der Waals surface area contributed by atoms with Crippen LogP contribution in [0.2, 0.25) is 0 Å². The van der Waals surface area contributed by atoms with E-state index in [4.69, 9.17) is 0 Å². The zero-order valence-corrected chi connectivity index (χ0v) is 15.3. The van der Waals surface area contributed by atoms with Gasteiger partial charge in [-0.15, -0.1) is 0 Å². The maximum absolute atomic E-state index is 12.7. The Morgan fingerprint density at radius 2 is 1.96 bits per heavy atom. The van der Waals surface area contributed by atoms with Crippen molar-refractivity contribution in [2.75, 3.05) is 5.32 Å². The Balaban J connectivity index is 1.69. The average molecular weight is 375 g/mol. The van der Waals surface area contributed by atoms with Crippen LogP contribution in [0, 0.1) is 6.92 Å². The summed E-state index contributed by atoms with van der Waals surface area (Å²) < 4.78 is 1.39. The van der Waals surface area contributed by atoms with Crippen LogP contribution in [-0.2, 0) is 6.42 Å². The monoisotopic (exact) mass is 375 g/mol. The molecule has 4 rings (SSSR count). The Labute approximate surface area is 159 Å². The highest BCUT2D eigenvalue weighted by Gasteiger charge is 2.16. The number of anilines is 1. The van der Waals surface area contributed by atoms with Crippen LogP contribution < -0.4 is 10.9 Å². The lowest BCUT2D eigenvalue weighted by Gasteiger charge is -2.08. The highest BCUT2D eigenvalue weighted by molar-refractivity contribution is 6.03. The summed E-state index contributed by atoms with van der Waals surface area (Å²) in [6, 6.07) is 10.4. The summed E-state index contributed by atoms with van der Waals surface area (Å²) in [5.74, 6) is 0.166. The number of hydrogen-bond acceptors (Lipinski definition) is 6. The van der Waals surface area contributed by atoms with E-state index in [9.17, 15) is 9.59 Å². The smallest absolute Gasteiger partial charge is 0.277 e. The van der Waals surface area contributed by atoms with E-state index < -0.39 is 5.91 Å². The van der Waals surface area contributed by atoms with Crippen LogP contribution in [-0.4, -0.2) is 35.6 Å². The minimum absolute atomic E-state index is 0.174. The van der Waals surface area contributed by atoms with E-state index in [0.29, 0.717) is 34.7 Å². The minimum Gasteiger partial charge on any atom is -0.305 e. The normalized spacial score (nSPS) is 10.9. The van der Waals surface area contributed by atoms with Gasteiger partial charge >= 0.3 is 0 Å². The van der Waals surface area contributed by atoms with Gasteiger partial charge in [-0.1, -0.05) is 19.1 Å². The zero-order valence-electron chi connectivity index (χ0n) is 15.3. The Kier molecular flexibility index (Phi) is 4.40. The first-order chi connectivity index (χ1) is 13.5. The van der Waals surface area contributed by atoms with Crippen LogP contribution in [0.1, 0.15) is 28.8 Å². The van der Waals surface area contributed by atoms with Gasteiger partial charge in [0.2, 0.25) is 5.95 Å². The lowest BCUT2D eigenvalue weighted by molar-refractivity contribution is 0.102. The van der Waals surface area contributed by atoms with Crippen molar-refractivity contribution in [1.29, 1.82) is 0 Å². The Morgan fingerprint density at radius 1 is 1.18 bits per heavy atom. The standard InChI is InChI=1S/C19H17N7O2/c1-3-12-9-17(27)24-19(21-12)26-16(8-11(2)25-26)23-18(28)15-10-20-13-6-4-5-7-14(13)22-15/h4-10H,3H2,1-2H3,(H,23,28)(H,21,24,27). The number of rotatable bonds is 4. The maximum atomic E-state index is 12.7. The SMILES string of the molecule is CCc1cc(=O)[nH]c(-n2nc(C)cc2NC(=O)c2cnc3ccccc3n2)n1. The number of hydrogen-bond donors (Lipinski definition) is 2. The van der Waals surface area contributed by atoms with Crippen molar-refractivity contribution in [3.8, 4) is 5.95 Å². The molecule has 140 valence electrons. The number of nitrogens with zero attached hydrogens (tertiary/aromatic N) is 5. The van der Waals surface area contributed by atoms with Gasteiger partial charge in [0, 0.05) is 17.8 Å². The fourth-order valence-electron chi connectivity index (χ4n) is 2.77. The molecule has 0 saturated carbocycles. The van der Waals surface area contributed by atoms with Gasteiger partial charge in [-0.2, -0.15) is 9.78 Å². The number of aromatic nitrogens is 6. The molecule has 0 aliphatic heterocycles. The van der Waals surface area contributed by atoms with Gasteiger partial charge < -0.3 is 5.32 Å². The Morgan fingerprint density at radius 3 is 2.75 bits per heavy atom. The van der Waals surface area contributed by atoms with Gasteiger partial charge in [-0.3, -0.25) is 19.6 Å². The maximum Gasteiger partial charge on any atom is 0.277 e. The summed E-state index contributed by atoms with van der Waals surface area (Å²) in [4.78, 5) is 40.2. The second-order valence-electron chi connectivity index (χ2n) is 6.19. The molecule has 0 aliphatic carbocycles. The second-order valence-corrected chi connectivity index (χ2v) is 6.19. The van der Waals surface area contributed by atoms with Crippen LogP contribution in [0.25, 0.3) is 17.0 Å². The summed E-state index contributed by atoms with van der Waals surface area (Å²) in [5.41, 5.74) is 2.51. The number of fused-ring (bicyclic) bond motifs is 1. The summed E-state index contributed by atoms with van der Waals surface area (Å²) in [5, 5.41) is 7.09. The molecule has 9 nitrogen and oxygen atoms in total. The van der Waals surface area contributed by atoms with Crippen molar-refractivity contribution in [1.82, 2.24) is 29.7 Å². The quantitative estimate of drug-likeness (QED) is 0.563. The molecule has 28 heavy (non-hydrogen) atoms. The number of aromatic amines is 1. The number of aryl methyl sites for hydroxylation is 2. The van der Waals surface area contributed by atoms with E-state index in [-0.39, 0.29) is 17.2 Å². The minimum atomic E-state index is -0.437. The third kappa shape index (κ3) is 3.37. The molecular formula is C19H17N7O2. The van der Waals surface area contributed by atoms with Crippen molar-refractivity contribution in [3.63, 3.8) is 0 Å². The molecule has 0 radical (unpaired) electrons. The van der Waals surface area contributed by atoms with Crippen molar-refractivity contribution >= 4 is 22.8 Å². The average Bonchev–Trinajstić information content (AvgIpc) is 3.07. The van der Waals surface area contributed by atoms with E-state index in [2.05, 4.69) is 30.4 Å². The van der Waals surface area contributed by atoms with E-state index in [1.165, 1.54) is 16.9 Å². The molecule has 3 aromatic heterocycles. The fourth-order valence-corrected chi connectivity index (χ4v) is 2.77. The first-order valence-electron chi connectivity index (χ1n) is 8.74. The van der Waals surface area contributed by atoms with Gasteiger partial charge in [-0.05, 0) is 25.5 Å². The Bertz CT molecular complexity index is 1240. The van der Waals surface area contributed by atoms with Gasteiger partial charge in [0.05, 0.1) is 22.9 Å². The first kappa shape index (κ1) is 17.5. The lowest BCUT2D eigenvalue weighted by atomic mass is 10.3. The molecule has 4 aromatic rings. The zero-order chi connectivity index (χ0) is 19.7. The largest absolute Gasteiger partial charge is 0.305 e. The topological polar surface area (TPSA) is 118 Å². The lowest BCUT2D eigenvalue weighted by Crippen LogP contribution is -2.20. The third-order valence-corrected chi connectivity index (χ3v) is 4.10. The highest BCUT2D eigenvalue weighted by atomic mass is 16.2. The second kappa shape index (κ2) is 7.03. The molecule has 0 spiro atoms. The number of para-hydroxylation sites is 2. The van der Waals surface area contributed by atoms with E-state index in [0.717, 1.165) is 0 Å². The highest BCUT2D eigenvalue weighted by Crippen LogP contribution is 2.16. The summed E-state index contributed by atoms with van der Waals surface area (Å²) in [7, 11) is 0. The van der Waals surface area contributed by atoms with Gasteiger partial charge in [0.1, 0.15) is 11.5 Å². The molecule has 3 heterocycles. The van der Waals surface area contributed by atoms with Gasteiger partial charge in [0.15, 0.2) is 0 Å². The molecule has 0 unspecified atom stereocenters. The van der Waals surface area contributed by atoms with E-state index >= 15 is 0 Å². The molecule has 0 bridgehead atoms. The van der Waals surface area contributed by atoms with Crippen LogP contribution in [0.5, 0.6) is 0 Å². The summed E-state index contributed by atoms with van der Waals surface area (Å²) in [6.45, 7) is 3.69. The van der Waals surface area contributed by atoms with Crippen molar-refractivity contribution in [2.45, 2.75) is 20.3 Å². The molecule has 9 heteroatoms. The van der Waals surface area contributed by atoms with Gasteiger partial charge in [-0.25, -0.2) is 9.97 Å². The number of H-pyrrole nitrogens is 1. The van der Waals surface area contributed by atoms with Crippen LogP contribution >= 0.6 is 0 Å². The number of nitrogens with one attached hydrogen (secondary N) is 2. The molecule has 0 fully saturated rings. The molecule has 1 amide bonds. The predicted molar refractivity (Wildman–Crippen MR) is 104 cm³/mol. The molecule has 0 atom stereocenters. The van der Waals surface area contributed by atoms with Crippen molar-refractivity contribution in [3.05, 3.63) is 70.0 Å². The molecular weight excluding hydrogens is 358 g/mol. The van der Waals surface area contributed by atoms with Crippen LogP contribution in [0.15, 0.2) is 47.4 Å². The predicted octanol–water partition coefficient (Wildman–Crippen LogP) is 2.02. The van der Waals surface area contributed by atoms with Crippen LogP contribution in [0.4, 0.5) is 5.82 Å².